The molecule has 0 aromatic heterocycles. The number of benzene rings is 2. The number of Topliss-reactive ketones (excluding diaryl/α,β-unsaturated/α-hetero) is 1. The van der Waals surface area contributed by atoms with E-state index in [4.69, 9.17) is 9.47 Å². The van der Waals surface area contributed by atoms with E-state index in [0.29, 0.717) is 41.6 Å². The van der Waals surface area contributed by atoms with Gasteiger partial charge in [-0.15, -0.1) is 0 Å². The van der Waals surface area contributed by atoms with Gasteiger partial charge in [-0.2, -0.15) is 0 Å². The molecule has 0 radical (unpaired) electrons. The van der Waals surface area contributed by atoms with E-state index in [2.05, 4.69) is 26.0 Å². The molecular formula is C30H36O4. The molecule has 180 valence electrons. The Kier molecular flexibility index (Phi) is 6.03. The number of hydrogen-bond donors (Lipinski definition) is 0. The number of rotatable bonds is 5. The van der Waals surface area contributed by atoms with Crippen LogP contribution in [0.4, 0.5) is 0 Å². The number of hydrogen-bond acceptors (Lipinski definition) is 4. The maximum atomic E-state index is 12.6. The quantitative estimate of drug-likeness (QED) is 0.377. The van der Waals surface area contributed by atoms with E-state index >= 15 is 0 Å². The van der Waals surface area contributed by atoms with Crippen LogP contribution >= 0.6 is 0 Å². The minimum absolute atomic E-state index is 0.0334. The Morgan fingerprint density at radius 2 is 1.82 bits per heavy atom. The molecule has 4 nitrogen and oxygen atoms in total. The van der Waals surface area contributed by atoms with Crippen LogP contribution in [-0.2, 0) is 22.6 Å². The Hall–Kier alpha value is -2.62. The minimum atomic E-state index is -0.162. The second-order valence-corrected chi connectivity index (χ2v) is 11.1. The lowest BCUT2D eigenvalue weighted by Gasteiger charge is -2.52. The van der Waals surface area contributed by atoms with Crippen molar-refractivity contribution in [2.24, 2.45) is 23.2 Å². The number of ether oxygens (including phenoxy) is 2. The summed E-state index contributed by atoms with van der Waals surface area (Å²) in [6, 6.07) is 14.4. The van der Waals surface area contributed by atoms with E-state index in [-0.39, 0.29) is 23.3 Å². The predicted molar refractivity (Wildman–Crippen MR) is 132 cm³/mol. The first-order valence-electron chi connectivity index (χ1n) is 12.8. The van der Waals surface area contributed by atoms with Crippen LogP contribution in [0.25, 0.3) is 0 Å². The molecular weight excluding hydrogens is 424 g/mol. The summed E-state index contributed by atoms with van der Waals surface area (Å²) in [7, 11) is 0. The molecule has 0 unspecified atom stereocenters. The van der Waals surface area contributed by atoms with Crippen LogP contribution in [0.15, 0.2) is 42.5 Å². The lowest BCUT2D eigenvalue weighted by Crippen LogP contribution is -2.47. The van der Waals surface area contributed by atoms with Gasteiger partial charge in [0, 0.05) is 12.3 Å². The number of ketones is 1. The molecule has 2 fully saturated rings. The fourth-order valence-electron chi connectivity index (χ4n) is 7.47. The Morgan fingerprint density at radius 1 is 1.06 bits per heavy atom. The molecule has 2 aromatic carbocycles. The van der Waals surface area contributed by atoms with Gasteiger partial charge in [-0.3, -0.25) is 9.59 Å². The molecule has 6 atom stereocenters. The van der Waals surface area contributed by atoms with Crippen molar-refractivity contribution in [1.29, 1.82) is 0 Å². The fourth-order valence-corrected chi connectivity index (χ4v) is 7.47. The molecule has 0 amide bonds. The molecule has 0 N–H and O–H groups in total. The zero-order chi connectivity index (χ0) is 24.0. The maximum Gasteiger partial charge on any atom is 0.302 e. The molecule has 3 aliphatic rings. The van der Waals surface area contributed by atoms with Gasteiger partial charge < -0.3 is 9.47 Å². The van der Waals surface area contributed by atoms with Crippen molar-refractivity contribution in [3.63, 3.8) is 0 Å². The summed E-state index contributed by atoms with van der Waals surface area (Å²) in [6.07, 6.45) is 5.26. The average molecular weight is 461 g/mol. The zero-order valence-corrected chi connectivity index (χ0v) is 20.8. The molecule has 0 saturated heterocycles. The van der Waals surface area contributed by atoms with Crippen LogP contribution in [0.1, 0.15) is 86.3 Å². The highest BCUT2D eigenvalue weighted by Gasteiger charge is 2.57. The summed E-state index contributed by atoms with van der Waals surface area (Å²) >= 11 is 0. The molecule has 4 heteroatoms. The van der Waals surface area contributed by atoms with E-state index in [0.717, 1.165) is 37.7 Å². The summed E-state index contributed by atoms with van der Waals surface area (Å²) in [6.45, 7) is 8.35. The third-order valence-electron chi connectivity index (χ3n) is 9.01. The number of esters is 1. The Bertz CT molecular complexity index is 1090. The van der Waals surface area contributed by atoms with E-state index < -0.39 is 0 Å². The molecule has 34 heavy (non-hydrogen) atoms. The second kappa shape index (κ2) is 8.87. The SMILES string of the molecule is CC(=O)O[C@H]1CC[C@H]2[C@@H]3[C@H](C)Cc4cc(OCc5ccccc5)c(C(C)=O)cc4[C@H]3CC[C@]12C. The Morgan fingerprint density at radius 3 is 2.53 bits per heavy atom. The third-order valence-corrected chi connectivity index (χ3v) is 9.01. The van der Waals surface area contributed by atoms with Gasteiger partial charge in [0.2, 0.25) is 0 Å². The first-order chi connectivity index (χ1) is 16.3. The van der Waals surface area contributed by atoms with Crippen LogP contribution in [0.2, 0.25) is 0 Å². The fraction of sp³-hybridized carbons (Fsp3) is 0.533. The molecule has 2 aromatic rings. The van der Waals surface area contributed by atoms with Gasteiger partial charge in [0.15, 0.2) is 5.78 Å². The molecule has 0 bridgehead atoms. The van der Waals surface area contributed by atoms with Crippen molar-refractivity contribution in [2.45, 2.75) is 78.4 Å². The second-order valence-electron chi connectivity index (χ2n) is 11.1. The molecule has 2 saturated carbocycles. The van der Waals surface area contributed by atoms with Crippen molar-refractivity contribution >= 4 is 11.8 Å². The van der Waals surface area contributed by atoms with Gasteiger partial charge in [0.25, 0.3) is 0 Å². The van der Waals surface area contributed by atoms with Crippen molar-refractivity contribution in [3.05, 3.63) is 64.7 Å². The van der Waals surface area contributed by atoms with Gasteiger partial charge >= 0.3 is 5.97 Å². The predicted octanol–water partition coefficient (Wildman–Crippen LogP) is 6.50. The Balaban J connectivity index is 1.45. The van der Waals surface area contributed by atoms with Crippen LogP contribution < -0.4 is 4.74 Å². The summed E-state index contributed by atoms with van der Waals surface area (Å²) in [5.74, 6) is 2.70. The van der Waals surface area contributed by atoms with Gasteiger partial charge in [0.1, 0.15) is 18.5 Å². The van der Waals surface area contributed by atoms with Crippen LogP contribution in [0.3, 0.4) is 0 Å². The van der Waals surface area contributed by atoms with E-state index in [1.807, 2.05) is 30.3 Å². The van der Waals surface area contributed by atoms with Gasteiger partial charge in [-0.25, -0.2) is 0 Å². The van der Waals surface area contributed by atoms with E-state index in [1.54, 1.807) is 6.92 Å². The normalized spacial score (nSPS) is 31.7. The highest BCUT2D eigenvalue weighted by molar-refractivity contribution is 5.97. The number of carbonyl (C=O) groups excluding carboxylic acids is 2. The summed E-state index contributed by atoms with van der Waals surface area (Å²) < 4.78 is 12.0. The monoisotopic (exact) mass is 460 g/mol. The van der Waals surface area contributed by atoms with E-state index in [1.165, 1.54) is 18.1 Å². The number of carbonyl (C=O) groups is 2. The van der Waals surface area contributed by atoms with Gasteiger partial charge in [-0.1, -0.05) is 44.2 Å². The third kappa shape index (κ3) is 3.95. The highest BCUT2D eigenvalue weighted by atomic mass is 16.5. The highest BCUT2D eigenvalue weighted by Crippen LogP contribution is 2.63. The first kappa shape index (κ1) is 23.1. The number of fused-ring (bicyclic) bond motifs is 5. The van der Waals surface area contributed by atoms with Gasteiger partial charge in [-0.05, 0) is 91.5 Å². The molecule has 5 rings (SSSR count). The van der Waals surface area contributed by atoms with Crippen LogP contribution in [0, 0.1) is 23.2 Å². The molecule has 0 heterocycles. The van der Waals surface area contributed by atoms with Crippen molar-refractivity contribution in [3.8, 4) is 5.75 Å². The van der Waals surface area contributed by atoms with Crippen LogP contribution in [0.5, 0.6) is 5.75 Å². The topological polar surface area (TPSA) is 52.6 Å². The summed E-state index contributed by atoms with van der Waals surface area (Å²) in [5.41, 5.74) is 4.53. The van der Waals surface area contributed by atoms with Crippen molar-refractivity contribution < 1.29 is 19.1 Å². The largest absolute Gasteiger partial charge is 0.488 e. The lowest BCUT2D eigenvalue weighted by molar-refractivity contribution is -0.155. The standard InChI is InChI=1S/C30H36O4/c1-18-14-22-15-27(33-17-21-8-6-5-7-9-21)24(19(2)31)16-25(22)23-12-13-30(4)26(29(18)23)10-11-28(30)34-20(3)32/h5-9,15-16,18,23,26,28-29H,10-14,17H2,1-4H3/t18-,23-,26+,28+,29-,30+/m1/s1. The summed E-state index contributed by atoms with van der Waals surface area (Å²) in [4.78, 5) is 24.4. The van der Waals surface area contributed by atoms with Crippen LogP contribution in [-0.4, -0.2) is 17.9 Å². The average Bonchev–Trinajstić information content (AvgIpc) is 3.13. The van der Waals surface area contributed by atoms with Gasteiger partial charge in [0.05, 0.1) is 5.56 Å². The Labute approximate surface area is 203 Å². The van der Waals surface area contributed by atoms with Crippen molar-refractivity contribution in [2.75, 3.05) is 0 Å². The molecule has 3 aliphatic carbocycles. The molecule has 0 spiro atoms. The first-order valence-corrected chi connectivity index (χ1v) is 12.8. The summed E-state index contributed by atoms with van der Waals surface area (Å²) in [5, 5.41) is 0. The lowest BCUT2D eigenvalue weighted by atomic mass is 9.52. The minimum Gasteiger partial charge on any atom is -0.488 e. The smallest absolute Gasteiger partial charge is 0.302 e. The zero-order valence-electron chi connectivity index (χ0n) is 20.8. The maximum absolute atomic E-state index is 12.6. The van der Waals surface area contributed by atoms with E-state index in [9.17, 15) is 9.59 Å². The van der Waals surface area contributed by atoms with Crippen molar-refractivity contribution in [1.82, 2.24) is 0 Å². The molecule has 0 aliphatic heterocycles.